The zero-order chi connectivity index (χ0) is 10.3. The third-order valence-corrected chi connectivity index (χ3v) is 2.80. The summed E-state index contributed by atoms with van der Waals surface area (Å²) < 4.78 is 5.41. The fourth-order valence-electron chi connectivity index (χ4n) is 1.75. The molecule has 2 aromatic rings. The van der Waals surface area contributed by atoms with Gasteiger partial charge in [-0.1, -0.05) is 0 Å². The van der Waals surface area contributed by atoms with E-state index < -0.39 is 0 Å². The lowest BCUT2D eigenvalue weighted by Crippen LogP contribution is -2.14. The van der Waals surface area contributed by atoms with Gasteiger partial charge in [0.2, 0.25) is 0 Å². The summed E-state index contributed by atoms with van der Waals surface area (Å²) in [6.45, 7) is 0.821. The zero-order valence-corrected chi connectivity index (χ0v) is 8.36. The van der Waals surface area contributed by atoms with Crippen LogP contribution in [0.3, 0.4) is 0 Å². The Bertz CT molecular complexity index is 485. The lowest BCUT2D eigenvalue weighted by Gasteiger charge is -1.99. The monoisotopic (exact) mass is 203 g/mol. The Hall–Kier alpha value is -1.48. The molecule has 0 amide bonds. The van der Waals surface area contributed by atoms with E-state index in [1.54, 1.807) is 24.5 Å². The van der Waals surface area contributed by atoms with Crippen molar-refractivity contribution in [2.45, 2.75) is 25.4 Å². The quantitative estimate of drug-likeness (QED) is 0.805. The molecular weight excluding hydrogens is 190 g/mol. The van der Waals surface area contributed by atoms with E-state index in [1.165, 1.54) is 12.8 Å². The van der Waals surface area contributed by atoms with Gasteiger partial charge in [0.15, 0.2) is 0 Å². The molecule has 15 heavy (non-hydrogen) atoms. The van der Waals surface area contributed by atoms with Gasteiger partial charge < -0.3 is 14.8 Å². The molecule has 1 fully saturated rings. The average Bonchev–Trinajstić information content (AvgIpc) is 2.97. The van der Waals surface area contributed by atoms with E-state index in [1.807, 2.05) is 0 Å². The molecule has 1 aliphatic carbocycles. The SMILES string of the molecule is Oc1ccc2occ(CNC3CC3)c2c1. The van der Waals surface area contributed by atoms with Gasteiger partial charge >= 0.3 is 0 Å². The maximum Gasteiger partial charge on any atom is 0.134 e. The van der Waals surface area contributed by atoms with Crippen molar-refractivity contribution in [1.29, 1.82) is 0 Å². The maximum absolute atomic E-state index is 9.40. The molecule has 0 spiro atoms. The van der Waals surface area contributed by atoms with Gasteiger partial charge in [0.25, 0.3) is 0 Å². The Labute approximate surface area is 87.7 Å². The first-order valence-corrected chi connectivity index (χ1v) is 5.25. The summed E-state index contributed by atoms with van der Waals surface area (Å²) >= 11 is 0. The van der Waals surface area contributed by atoms with E-state index in [4.69, 9.17) is 4.42 Å². The second-order valence-electron chi connectivity index (χ2n) is 4.10. The van der Waals surface area contributed by atoms with Gasteiger partial charge in [-0.3, -0.25) is 0 Å². The van der Waals surface area contributed by atoms with Crippen LogP contribution < -0.4 is 5.32 Å². The highest BCUT2D eigenvalue weighted by Gasteiger charge is 2.20. The first-order valence-electron chi connectivity index (χ1n) is 5.25. The van der Waals surface area contributed by atoms with Crippen LogP contribution in [-0.2, 0) is 6.54 Å². The normalized spacial score (nSPS) is 16.0. The predicted molar refractivity (Wildman–Crippen MR) is 57.7 cm³/mol. The number of phenols is 1. The predicted octanol–water partition coefficient (Wildman–Crippen LogP) is 2.39. The van der Waals surface area contributed by atoms with Crippen LogP contribution in [0.2, 0.25) is 0 Å². The van der Waals surface area contributed by atoms with Gasteiger partial charge in [-0.2, -0.15) is 0 Å². The summed E-state index contributed by atoms with van der Waals surface area (Å²) in [6, 6.07) is 5.88. The van der Waals surface area contributed by atoms with Crippen molar-refractivity contribution in [1.82, 2.24) is 5.32 Å². The van der Waals surface area contributed by atoms with Crippen molar-refractivity contribution in [2.75, 3.05) is 0 Å². The van der Waals surface area contributed by atoms with Crippen LogP contribution in [0, 0.1) is 0 Å². The molecule has 3 nitrogen and oxygen atoms in total. The van der Waals surface area contributed by atoms with Crippen molar-refractivity contribution in [3.8, 4) is 5.75 Å². The van der Waals surface area contributed by atoms with Gasteiger partial charge in [0.1, 0.15) is 11.3 Å². The van der Waals surface area contributed by atoms with E-state index in [9.17, 15) is 5.11 Å². The second-order valence-corrected chi connectivity index (χ2v) is 4.10. The average molecular weight is 203 g/mol. The maximum atomic E-state index is 9.40. The second kappa shape index (κ2) is 3.28. The summed E-state index contributed by atoms with van der Waals surface area (Å²) in [5.41, 5.74) is 1.95. The number of benzene rings is 1. The zero-order valence-electron chi connectivity index (χ0n) is 8.36. The fraction of sp³-hybridized carbons (Fsp3) is 0.333. The minimum atomic E-state index is 0.288. The standard InChI is InChI=1S/C12H13NO2/c14-10-3-4-12-11(5-10)8(7-15-12)6-13-9-1-2-9/h3-5,7,9,13-14H,1-2,6H2. The van der Waals surface area contributed by atoms with Gasteiger partial charge in [-0.05, 0) is 31.0 Å². The van der Waals surface area contributed by atoms with Crippen LogP contribution in [0.1, 0.15) is 18.4 Å². The topological polar surface area (TPSA) is 45.4 Å². The molecule has 0 saturated heterocycles. The Morgan fingerprint density at radius 2 is 2.27 bits per heavy atom. The molecule has 1 aromatic heterocycles. The first kappa shape index (κ1) is 8.80. The summed E-state index contributed by atoms with van der Waals surface area (Å²) in [7, 11) is 0. The largest absolute Gasteiger partial charge is 0.508 e. The third kappa shape index (κ3) is 1.70. The molecule has 78 valence electrons. The van der Waals surface area contributed by atoms with E-state index in [0.29, 0.717) is 6.04 Å². The Kier molecular flexibility index (Phi) is 1.92. The number of nitrogens with one attached hydrogen (secondary N) is 1. The van der Waals surface area contributed by atoms with Crippen LogP contribution in [-0.4, -0.2) is 11.1 Å². The van der Waals surface area contributed by atoms with Crippen LogP contribution in [0.4, 0.5) is 0 Å². The minimum Gasteiger partial charge on any atom is -0.508 e. The van der Waals surface area contributed by atoms with E-state index >= 15 is 0 Å². The molecular formula is C12H13NO2. The lowest BCUT2D eigenvalue weighted by atomic mass is 10.1. The molecule has 0 radical (unpaired) electrons. The number of aromatic hydroxyl groups is 1. The minimum absolute atomic E-state index is 0.288. The highest BCUT2D eigenvalue weighted by molar-refractivity contribution is 5.82. The van der Waals surface area contributed by atoms with E-state index in [0.717, 1.165) is 23.1 Å². The van der Waals surface area contributed by atoms with Crippen molar-refractivity contribution in [2.24, 2.45) is 0 Å². The van der Waals surface area contributed by atoms with Gasteiger partial charge in [-0.15, -0.1) is 0 Å². The molecule has 0 aliphatic heterocycles. The first-order chi connectivity index (χ1) is 7.33. The van der Waals surface area contributed by atoms with Gasteiger partial charge in [0.05, 0.1) is 6.26 Å². The highest BCUT2D eigenvalue weighted by Crippen LogP contribution is 2.26. The number of furan rings is 1. The molecule has 3 heteroatoms. The molecule has 0 unspecified atom stereocenters. The van der Waals surface area contributed by atoms with Crippen molar-refractivity contribution < 1.29 is 9.52 Å². The van der Waals surface area contributed by atoms with Crippen LogP contribution in [0.15, 0.2) is 28.9 Å². The number of phenolic OH excluding ortho intramolecular Hbond substituents is 1. The summed E-state index contributed by atoms with van der Waals surface area (Å²) in [4.78, 5) is 0. The Morgan fingerprint density at radius 1 is 1.40 bits per heavy atom. The Morgan fingerprint density at radius 3 is 3.07 bits per heavy atom. The summed E-state index contributed by atoms with van der Waals surface area (Å²) in [5.74, 6) is 0.288. The van der Waals surface area contributed by atoms with Gasteiger partial charge in [0, 0.05) is 23.5 Å². The van der Waals surface area contributed by atoms with Crippen LogP contribution in [0.25, 0.3) is 11.0 Å². The number of hydrogen-bond donors (Lipinski definition) is 2. The van der Waals surface area contributed by atoms with Gasteiger partial charge in [-0.25, -0.2) is 0 Å². The molecule has 0 bridgehead atoms. The van der Waals surface area contributed by atoms with E-state index in [-0.39, 0.29) is 5.75 Å². The highest BCUT2D eigenvalue weighted by atomic mass is 16.3. The van der Waals surface area contributed by atoms with E-state index in [2.05, 4.69) is 5.32 Å². The van der Waals surface area contributed by atoms with Crippen molar-refractivity contribution >= 4 is 11.0 Å². The summed E-state index contributed by atoms with van der Waals surface area (Å²) in [5, 5.41) is 13.8. The van der Waals surface area contributed by atoms with Crippen molar-refractivity contribution in [3.05, 3.63) is 30.0 Å². The third-order valence-electron chi connectivity index (χ3n) is 2.80. The smallest absolute Gasteiger partial charge is 0.134 e. The lowest BCUT2D eigenvalue weighted by molar-refractivity contribution is 0.476. The number of hydrogen-bond acceptors (Lipinski definition) is 3. The molecule has 1 aromatic carbocycles. The van der Waals surface area contributed by atoms with Crippen LogP contribution in [0.5, 0.6) is 5.75 Å². The van der Waals surface area contributed by atoms with Crippen LogP contribution >= 0.6 is 0 Å². The fourth-order valence-corrected chi connectivity index (χ4v) is 1.75. The molecule has 1 heterocycles. The van der Waals surface area contributed by atoms with Crippen molar-refractivity contribution in [3.63, 3.8) is 0 Å². The number of fused-ring (bicyclic) bond motifs is 1. The molecule has 1 saturated carbocycles. The molecule has 0 atom stereocenters. The Balaban J connectivity index is 1.91. The number of rotatable bonds is 3. The molecule has 2 N–H and O–H groups in total. The molecule has 1 aliphatic rings. The molecule has 3 rings (SSSR count). The summed E-state index contributed by atoms with van der Waals surface area (Å²) in [6.07, 6.45) is 4.32.